The van der Waals surface area contributed by atoms with Crippen molar-refractivity contribution >= 4 is 22.2 Å². The monoisotopic (exact) mass is 225 g/mol. The van der Waals surface area contributed by atoms with E-state index in [4.69, 9.17) is 0 Å². The van der Waals surface area contributed by atoms with Gasteiger partial charge in [0.15, 0.2) is 0 Å². The van der Waals surface area contributed by atoms with Gasteiger partial charge in [0.25, 0.3) is 5.91 Å². The van der Waals surface area contributed by atoms with Crippen molar-refractivity contribution in [3.63, 3.8) is 0 Å². The van der Waals surface area contributed by atoms with Gasteiger partial charge in [-0.05, 0) is 13.3 Å². The molecule has 1 unspecified atom stereocenters. The topological polar surface area (TPSA) is 72.2 Å². The largest absolute Gasteiger partial charge is 0.347 e. The van der Waals surface area contributed by atoms with Crippen LogP contribution in [0.2, 0.25) is 0 Å². The predicted molar refractivity (Wildman–Crippen MR) is 55.9 cm³/mol. The summed E-state index contributed by atoms with van der Waals surface area (Å²) in [6.07, 6.45) is 2.38. The molecule has 0 aliphatic rings. The van der Waals surface area contributed by atoms with Gasteiger partial charge in [0, 0.05) is 6.04 Å². The summed E-state index contributed by atoms with van der Waals surface area (Å²) in [6, 6.07) is 0.159. The molecule has 2 aromatic rings. The third-order valence-electron chi connectivity index (χ3n) is 2.07. The third kappa shape index (κ3) is 1.96. The normalized spacial score (nSPS) is 12.9. The SMILES string of the molecule is CCC(C)NC(=O)c1nn2cnnc2s1. The molecule has 15 heavy (non-hydrogen) atoms. The van der Waals surface area contributed by atoms with Gasteiger partial charge in [0.2, 0.25) is 9.97 Å². The molecule has 6 nitrogen and oxygen atoms in total. The first-order chi connectivity index (χ1) is 7.20. The highest BCUT2D eigenvalue weighted by molar-refractivity contribution is 7.18. The standard InChI is InChI=1S/C8H11N5OS/c1-3-5(2)10-6(14)7-12-13-4-9-11-8(13)15-7/h4-5H,3H2,1-2H3,(H,10,14). The van der Waals surface area contributed by atoms with Gasteiger partial charge >= 0.3 is 0 Å². The molecule has 7 heteroatoms. The Labute approximate surface area is 90.3 Å². The lowest BCUT2D eigenvalue weighted by Gasteiger charge is -2.08. The molecule has 0 radical (unpaired) electrons. The highest BCUT2D eigenvalue weighted by atomic mass is 32.1. The Balaban J connectivity index is 2.17. The number of aromatic nitrogens is 4. The van der Waals surface area contributed by atoms with Crippen LogP contribution in [0.25, 0.3) is 4.96 Å². The van der Waals surface area contributed by atoms with Crippen molar-refractivity contribution in [1.82, 2.24) is 25.1 Å². The molecule has 0 saturated carbocycles. The maximum absolute atomic E-state index is 11.7. The Kier molecular flexibility index (Phi) is 2.63. The third-order valence-corrected chi connectivity index (χ3v) is 2.98. The fourth-order valence-electron chi connectivity index (χ4n) is 1.04. The van der Waals surface area contributed by atoms with Crippen LogP contribution < -0.4 is 5.32 Å². The van der Waals surface area contributed by atoms with Gasteiger partial charge in [-0.2, -0.15) is 4.52 Å². The first-order valence-corrected chi connectivity index (χ1v) is 5.50. The molecule has 0 fully saturated rings. The number of hydrogen-bond donors (Lipinski definition) is 1. The van der Waals surface area contributed by atoms with Gasteiger partial charge < -0.3 is 5.32 Å². The summed E-state index contributed by atoms with van der Waals surface area (Å²) in [5.41, 5.74) is 0. The fraction of sp³-hybridized carbons (Fsp3) is 0.500. The van der Waals surface area contributed by atoms with E-state index in [0.717, 1.165) is 6.42 Å². The minimum atomic E-state index is -0.153. The molecule has 80 valence electrons. The van der Waals surface area contributed by atoms with Gasteiger partial charge in [-0.25, -0.2) is 0 Å². The zero-order valence-corrected chi connectivity index (χ0v) is 9.28. The van der Waals surface area contributed by atoms with Crippen LogP contribution in [-0.2, 0) is 0 Å². The van der Waals surface area contributed by atoms with Crippen molar-refractivity contribution in [1.29, 1.82) is 0 Å². The number of rotatable bonds is 3. The summed E-state index contributed by atoms with van der Waals surface area (Å²) in [5, 5.41) is 14.8. The van der Waals surface area contributed by atoms with Gasteiger partial charge in [-0.15, -0.1) is 15.3 Å². The van der Waals surface area contributed by atoms with Crippen LogP contribution in [0.1, 0.15) is 30.1 Å². The molecule has 2 aromatic heterocycles. The molecule has 2 rings (SSSR count). The Bertz CT molecular complexity index is 448. The zero-order chi connectivity index (χ0) is 10.8. The van der Waals surface area contributed by atoms with E-state index in [0.29, 0.717) is 9.97 Å². The molecule has 0 spiro atoms. The van der Waals surface area contributed by atoms with E-state index < -0.39 is 0 Å². The molecule has 1 amide bonds. The van der Waals surface area contributed by atoms with Crippen LogP contribution in [0, 0.1) is 0 Å². The summed E-state index contributed by atoms with van der Waals surface area (Å²) in [5.74, 6) is -0.153. The van der Waals surface area contributed by atoms with Crippen molar-refractivity contribution in [2.24, 2.45) is 0 Å². The summed E-state index contributed by atoms with van der Waals surface area (Å²) >= 11 is 1.23. The van der Waals surface area contributed by atoms with Crippen LogP contribution in [0.3, 0.4) is 0 Å². The summed E-state index contributed by atoms with van der Waals surface area (Å²) in [7, 11) is 0. The molecule has 2 heterocycles. The van der Waals surface area contributed by atoms with E-state index in [2.05, 4.69) is 20.6 Å². The second kappa shape index (κ2) is 3.93. The van der Waals surface area contributed by atoms with E-state index >= 15 is 0 Å². The van der Waals surface area contributed by atoms with Crippen LogP contribution in [0.4, 0.5) is 0 Å². The molecule has 1 atom stereocenters. The predicted octanol–water partition coefficient (Wildman–Crippen LogP) is 0.714. The quantitative estimate of drug-likeness (QED) is 0.835. The van der Waals surface area contributed by atoms with E-state index in [-0.39, 0.29) is 11.9 Å². The number of hydrogen-bond acceptors (Lipinski definition) is 5. The lowest BCUT2D eigenvalue weighted by molar-refractivity contribution is 0.0938. The molecular formula is C8H11N5OS. The van der Waals surface area contributed by atoms with Gasteiger partial charge in [0.1, 0.15) is 6.33 Å². The van der Waals surface area contributed by atoms with E-state index in [1.807, 2.05) is 13.8 Å². The van der Waals surface area contributed by atoms with Crippen LogP contribution in [-0.4, -0.2) is 31.8 Å². The lowest BCUT2D eigenvalue weighted by Crippen LogP contribution is -2.31. The van der Waals surface area contributed by atoms with Crippen molar-refractivity contribution in [2.75, 3.05) is 0 Å². The molecule has 0 aliphatic carbocycles. The molecule has 0 aliphatic heterocycles. The summed E-state index contributed by atoms with van der Waals surface area (Å²) in [4.78, 5) is 12.3. The number of carbonyl (C=O) groups excluding carboxylic acids is 1. The Morgan fingerprint density at radius 3 is 3.20 bits per heavy atom. The summed E-state index contributed by atoms with van der Waals surface area (Å²) in [6.45, 7) is 3.97. The molecule has 0 bridgehead atoms. The second-order valence-electron chi connectivity index (χ2n) is 3.25. The lowest BCUT2D eigenvalue weighted by atomic mass is 10.2. The zero-order valence-electron chi connectivity index (χ0n) is 8.47. The number of nitrogens with zero attached hydrogens (tertiary/aromatic N) is 4. The Hall–Kier alpha value is -1.50. The van der Waals surface area contributed by atoms with Crippen LogP contribution >= 0.6 is 11.3 Å². The minimum Gasteiger partial charge on any atom is -0.347 e. The number of nitrogens with one attached hydrogen (secondary N) is 1. The number of carbonyl (C=O) groups is 1. The second-order valence-corrected chi connectivity index (χ2v) is 4.20. The molecule has 1 N–H and O–H groups in total. The smallest absolute Gasteiger partial charge is 0.282 e. The highest BCUT2D eigenvalue weighted by Crippen LogP contribution is 2.11. The number of fused-ring (bicyclic) bond motifs is 1. The fourth-order valence-corrected chi connectivity index (χ4v) is 1.76. The maximum Gasteiger partial charge on any atom is 0.282 e. The van der Waals surface area contributed by atoms with Crippen molar-refractivity contribution in [3.05, 3.63) is 11.3 Å². The summed E-state index contributed by atoms with van der Waals surface area (Å²) < 4.78 is 1.50. The molecule has 0 aromatic carbocycles. The maximum atomic E-state index is 11.7. The van der Waals surface area contributed by atoms with E-state index in [9.17, 15) is 4.79 Å². The van der Waals surface area contributed by atoms with Crippen LogP contribution in [0.15, 0.2) is 6.33 Å². The Morgan fingerprint density at radius 2 is 2.53 bits per heavy atom. The van der Waals surface area contributed by atoms with E-state index in [1.54, 1.807) is 0 Å². The Morgan fingerprint density at radius 1 is 1.73 bits per heavy atom. The average molecular weight is 225 g/mol. The first kappa shape index (κ1) is 10.0. The van der Waals surface area contributed by atoms with Crippen LogP contribution in [0.5, 0.6) is 0 Å². The van der Waals surface area contributed by atoms with Crippen molar-refractivity contribution < 1.29 is 4.79 Å². The van der Waals surface area contributed by atoms with Crippen molar-refractivity contribution in [3.8, 4) is 0 Å². The molecular weight excluding hydrogens is 214 g/mol. The first-order valence-electron chi connectivity index (χ1n) is 4.68. The van der Waals surface area contributed by atoms with E-state index in [1.165, 1.54) is 22.2 Å². The average Bonchev–Trinajstić information content (AvgIpc) is 2.76. The number of amides is 1. The highest BCUT2D eigenvalue weighted by Gasteiger charge is 2.14. The van der Waals surface area contributed by atoms with Gasteiger partial charge in [-0.1, -0.05) is 18.3 Å². The van der Waals surface area contributed by atoms with Gasteiger partial charge in [0.05, 0.1) is 0 Å². The van der Waals surface area contributed by atoms with Crippen molar-refractivity contribution in [2.45, 2.75) is 26.3 Å². The van der Waals surface area contributed by atoms with Gasteiger partial charge in [-0.3, -0.25) is 4.79 Å². The molecule has 0 saturated heterocycles. The minimum absolute atomic E-state index is 0.153.